The summed E-state index contributed by atoms with van der Waals surface area (Å²) < 4.78 is 1.42. The number of hydrogen-bond donors (Lipinski definition) is 0. The van der Waals surface area contributed by atoms with Crippen molar-refractivity contribution < 1.29 is 21.5 Å². The van der Waals surface area contributed by atoms with Gasteiger partial charge in [0.1, 0.15) is 6.17 Å². The zero-order valence-corrected chi connectivity index (χ0v) is 19.6. The molecule has 1 aromatic carbocycles. The molecule has 4 saturated heterocycles. The lowest BCUT2D eigenvalue weighted by atomic mass is 10.0. The van der Waals surface area contributed by atoms with Crippen molar-refractivity contribution in [3.8, 4) is 0 Å². The Morgan fingerprint density at radius 2 is 1.28 bits per heavy atom. The molecular formula is C24H39BrN4. The van der Waals surface area contributed by atoms with Gasteiger partial charge in [0.05, 0.1) is 26.2 Å². The number of hydrogen-bond acceptors (Lipinski definition) is 3. The van der Waals surface area contributed by atoms with E-state index in [0.717, 1.165) is 12.3 Å². The van der Waals surface area contributed by atoms with Crippen LogP contribution in [0.4, 0.5) is 0 Å². The molecule has 0 bridgehead atoms. The maximum atomic E-state index is 2.85. The minimum atomic E-state index is 0. The average molecular weight is 464 g/mol. The van der Waals surface area contributed by atoms with Crippen LogP contribution in [0, 0.1) is 0 Å². The number of benzene rings is 1. The van der Waals surface area contributed by atoms with Crippen LogP contribution in [0.3, 0.4) is 0 Å². The number of aryl methyl sites for hydroxylation is 1. The maximum Gasteiger partial charge on any atom is 0.175 e. The molecule has 3 atom stereocenters. The molecule has 0 saturated carbocycles. The molecule has 4 heterocycles. The fourth-order valence-corrected chi connectivity index (χ4v) is 6.56. The van der Waals surface area contributed by atoms with E-state index in [1.807, 2.05) is 0 Å². The molecular weight excluding hydrogens is 424 g/mol. The normalized spacial score (nSPS) is 31.6. The van der Waals surface area contributed by atoms with Gasteiger partial charge in [-0.05, 0) is 31.2 Å². The Balaban J connectivity index is 0.00000205. The highest BCUT2D eigenvalue weighted by Crippen LogP contribution is 2.39. The molecule has 0 spiro atoms. The van der Waals surface area contributed by atoms with Crippen LogP contribution in [-0.2, 0) is 6.42 Å². The third-order valence-corrected chi connectivity index (χ3v) is 8.13. The number of nitrogens with zero attached hydrogens (tertiary/aromatic N) is 4. The molecule has 5 rings (SSSR count). The lowest BCUT2D eigenvalue weighted by molar-refractivity contribution is -0.954. The number of rotatable bonds is 9. The second-order valence-electron chi connectivity index (χ2n) is 9.68. The first-order valence-corrected chi connectivity index (χ1v) is 12.0. The third-order valence-electron chi connectivity index (χ3n) is 8.13. The Labute approximate surface area is 188 Å². The SMILES string of the molecule is [Br-].c1ccc(CCCCCCCC[N+]23CCN4CCN5CCN(CC2)C3C54)cc1. The van der Waals surface area contributed by atoms with Crippen LogP contribution in [0.2, 0.25) is 0 Å². The third kappa shape index (κ3) is 4.45. The number of halogens is 1. The van der Waals surface area contributed by atoms with Gasteiger partial charge in [0.15, 0.2) is 6.17 Å². The van der Waals surface area contributed by atoms with E-state index in [1.54, 1.807) is 0 Å². The van der Waals surface area contributed by atoms with Gasteiger partial charge >= 0.3 is 0 Å². The van der Waals surface area contributed by atoms with Gasteiger partial charge in [-0.3, -0.25) is 9.80 Å². The summed E-state index contributed by atoms with van der Waals surface area (Å²) in [5.41, 5.74) is 1.50. The van der Waals surface area contributed by atoms with Crippen molar-refractivity contribution in [3.63, 3.8) is 0 Å². The van der Waals surface area contributed by atoms with Gasteiger partial charge in [-0.25, -0.2) is 4.90 Å². The molecule has 4 aliphatic rings. The Morgan fingerprint density at radius 3 is 2.03 bits per heavy atom. The summed E-state index contributed by atoms with van der Waals surface area (Å²) in [5, 5.41) is 0. The van der Waals surface area contributed by atoms with Gasteiger partial charge in [0.25, 0.3) is 0 Å². The molecule has 4 nitrogen and oxygen atoms in total. The highest BCUT2D eigenvalue weighted by atomic mass is 79.9. The fraction of sp³-hybridized carbons (Fsp3) is 0.750. The Hall–Kier alpha value is -0.460. The molecule has 0 radical (unpaired) electrons. The predicted octanol–water partition coefficient (Wildman–Crippen LogP) is 0.00310. The standard InChI is InChI=1S/C24H39N4.BrH/c1(3-6-10-22-11-7-5-8-12-22)2-4-9-19-28-20-17-26-14-13-25-15-16-27(18-21-28)24(28)23(25)26;/h5,7-8,11-12,23-24H,1-4,6,9-10,13-21H2;1H/q+1;/p-1. The van der Waals surface area contributed by atoms with E-state index in [2.05, 4.69) is 45.0 Å². The molecule has 4 aliphatic heterocycles. The summed E-state index contributed by atoms with van der Waals surface area (Å²) in [6, 6.07) is 11.0. The maximum absolute atomic E-state index is 2.85. The Kier molecular flexibility index (Phi) is 7.34. The number of piperazine rings is 2. The predicted molar refractivity (Wildman–Crippen MR) is 115 cm³/mol. The van der Waals surface area contributed by atoms with E-state index in [4.69, 9.17) is 0 Å². The summed E-state index contributed by atoms with van der Waals surface area (Å²) in [6.45, 7) is 12.2. The highest BCUT2D eigenvalue weighted by molar-refractivity contribution is 5.14. The second-order valence-corrected chi connectivity index (χ2v) is 9.68. The van der Waals surface area contributed by atoms with E-state index in [-0.39, 0.29) is 17.0 Å². The van der Waals surface area contributed by atoms with Crippen LogP contribution in [0.1, 0.15) is 44.1 Å². The Morgan fingerprint density at radius 1 is 0.690 bits per heavy atom. The van der Waals surface area contributed by atoms with Crippen LogP contribution in [-0.4, -0.2) is 90.4 Å². The fourth-order valence-electron chi connectivity index (χ4n) is 6.56. The van der Waals surface area contributed by atoms with Gasteiger partial charge in [0, 0.05) is 32.7 Å². The zero-order valence-electron chi connectivity index (χ0n) is 18.0. The molecule has 3 unspecified atom stereocenters. The number of unbranched alkanes of at least 4 members (excludes halogenated alkanes) is 5. The van der Waals surface area contributed by atoms with Gasteiger partial charge in [-0.2, -0.15) is 0 Å². The molecule has 162 valence electrons. The number of quaternary nitrogens is 1. The van der Waals surface area contributed by atoms with Crippen molar-refractivity contribution in [1.29, 1.82) is 0 Å². The van der Waals surface area contributed by atoms with Crippen LogP contribution < -0.4 is 17.0 Å². The monoisotopic (exact) mass is 462 g/mol. The van der Waals surface area contributed by atoms with E-state index < -0.39 is 0 Å². The first kappa shape index (κ1) is 21.8. The van der Waals surface area contributed by atoms with Crippen LogP contribution in [0.5, 0.6) is 0 Å². The largest absolute Gasteiger partial charge is 1.00 e. The Bertz CT molecular complexity index is 635. The molecule has 1 aromatic rings. The average Bonchev–Trinajstić information content (AvgIpc) is 3.31. The van der Waals surface area contributed by atoms with E-state index in [9.17, 15) is 0 Å². The van der Waals surface area contributed by atoms with E-state index in [0.29, 0.717) is 0 Å². The summed E-state index contributed by atoms with van der Waals surface area (Å²) in [6.07, 6.45) is 11.3. The smallest absolute Gasteiger partial charge is 0.175 e. The molecule has 29 heavy (non-hydrogen) atoms. The molecule has 0 aromatic heterocycles. The summed E-state index contributed by atoms with van der Waals surface area (Å²) in [5.74, 6) is 0. The van der Waals surface area contributed by atoms with Crippen molar-refractivity contribution in [3.05, 3.63) is 35.9 Å². The van der Waals surface area contributed by atoms with Crippen molar-refractivity contribution in [2.75, 3.05) is 58.9 Å². The van der Waals surface area contributed by atoms with Crippen LogP contribution >= 0.6 is 0 Å². The van der Waals surface area contributed by atoms with Crippen molar-refractivity contribution in [2.24, 2.45) is 0 Å². The van der Waals surface area contributed by atoms with Crippen LogP contribution in [0.25, 0.3) is 0 Å². The first-order chi connectivity index (χ1) is 13.9. The van der Waals surface area contributed by atoms with Gasteiger partial charge in [0.2, 0.25) is 0 Å². The minimum absolute atomic E-state index is 0. The van der Waals surface area contributed by atoms with Gasteiger partial charge in [-0.1, -0.05) is 49.6 Å². The lowest BCUT2D eigenvalue weighted by Gasteiger charge is -2.54. The van der Waals surface area contributed by atoms with Gasteiger partial charge < -0.3 is 21.5 Å². The molecule has 0 N–H and O–H groups in total. The second kappa shape index (κ2) is 9.78. The molecule has 5 heteroatoms. The van der Waals surface area contributed by atoms with Crippen molar-refractivity contribution >= 4 is 0 Å². The molecule has 0 aliphatic carbocycles. The first-order valence-electron chi connectivity index (χ1n) is 12.0. The minimum Gasteiger partial charge on any atom is -1.00 e. The summed E-state index contributed by atoms with van der Waals surface area (Å²) in [4.78, 5) is 8.44. The zero-order chi connectivity index (χ0) is 18.8. The summed E-state index contributed by atoms with van der Waals surface area (Å²) in [7, 11) is 0. The highest BCUT2D eigenvalue weighted by Gasteiger charge is 2.59. The lowest BCUT2D eigenvalue weighted by Crippen LogP contribution is -3.00. The van der Waals surface area contributed by atoms with Crippen molar-refractivity contribution in [1.82, 2.24) is 14.7 Å². The van der Waals surface area contributed by atoms with Crippen LogP contribution in [0.15, 0.2) is 30.3 Å². The van der Waals surface area contributed by atoms with Gasteiger partial charge in [-0.15, -0.1) is 0 Å². The van der Waals surface area contributed by atoms with E-state index >= 15 is 0 Å². The quantitative estimate of drug-likeness (QED) is 0.377. The molecule has 4 fully saturated rings. The summed E-state index contributed by atoms with van der Waals surface area (Å²) >= 11 is 0. The van der Waals surface area contributed by atoms with E-state index in [1.165, 1.54) is 114 Å². The molecule has 0 amide bonds. The topological polar surface area (TPSA) is 9.72 Å². The van der Waals surface area contributed by atoms with Crippen molar-refractivity contribution in [2.45, 2.75) is 57.3 Å².